The number of aromatic nitrogens is 2. The molecule has 4 N–H and O–H groups in total. The number of aryl methyl sites for hydroxylation is 1. The summed E-state index contributed by atoms with van der Waals surface area (Å²) in [6.07, 6.45) is -0.184. The summed E-state index contributed by atoms with van der Waals surface area (Å²) in [6.45, 7) is 1.73. The van der Waals surface area contributed by atoms with E-state index >= 15 is 0 Å². The van der Waals surface area contributed by atoms with Crippen molar-refractivity contribution in [2.45, 2.75) is 13.3 Å². The molecule has 100 valence electrons. The van der Waals surface area contributed by atoms with Gasteiger partial charge < -0.3 is 11.1 Å². The molecule has 0 spiro atoms. The van der Waals surface area contributed by atoms with Gasteiger partial charge in [-0.25, -0.2) is 4.39 Å². The van der Waals surface area contributed by atoms with Crippen LogP contribution < -0.4 is 11.1 Å². The molecule has 0 aliphatic heterocycles. The predicted molar refractivity (Wildman–Crippen MR) is 71.5 cm³/mol. The van der Waals surface area contributed by atoms with Crippen molar-refractivity contribution in [2.24, 2.45) is 0 Å². The maximum Gasteiger partial charge on any atom is 0.230 e. The first kappa shape index (κ1) is 13.4. The number of halogens is 2. The lowest BCUT2D eigenvalue weighted by atomic mass is 10.1. The van der Waals surface area contributed by atoms with Gasteiger partial charge in [0.2, 0.25) is 5.91 Å². The second-order valence-corrected chi connectivity index (χ2v) is 4.44. The molecule has 2 aromatic rings. The van der Waals surface area contributed by atoms with Crippen LogP contribution >= 0.6 is 11.6 Å². The van der Waals surface area contributed by atoms with Crippen LogP contribution in [0.2, 0.25) is 5.02 Å². The molecule has 0 aliphatic carbocycles. The number of nitrogens with one attached hydrogen (secondary N) is 2. The fourth-order valence-corrected chi connectivity index (χ4v) is 1.80. The first-order chi connectivity index (χ1) is 8.99. The standard InChI is InChI=1S/C12H12ClFN4O/c1-6-11(15)12(18-17-6)16-10(19)5-7-8(13)3-2-4-9(7)14/h2-4H,5,15H2,1H3,(H2,16,17,18,19). The quantitative estimate of drug-likeness (QED) is 0.807. The van der Waals surface area contributed by atoms with Gasteiger partial charge in [-0.2, -0.15) is 5.10 Å². The second kappa shape index (κ2) is 5.27. The molecule has 0 radical (unpaired) electrons. The molecular weight excluding hydrogens is 271 g/mol. The van der Waals surface area contributed by atoms with Crippen LogP contribution in [-0.2, 0) is 11.2 Å². The van der Waals surface area contributed by atoms with Crippen molar-refractivity contribution in [1.82, 2.24) is 10.2 Å². The number of nitrogens with two attached hydrogens (primary N) is 1. The summed E-state index contributed by atoms with van der Waals surface area (Å²) in [4.78, 5) is 11.8. The van der Waals surface area contributed by atoms with E-state index in [2.05, 4.69) is 15.5 Å². The highest BCUT2D eigenvalue weighted by Gasteiger charge is 2.14. The molecule has 1 aromatic carbocycles. The third-order valence-corrected chi connectivity index (χ3v) is 3.01. The van der Waals surface area contributed by atoms with Gasteiger partial charge in [-0.3, -0.25) is 9.89 Å². The molecule has 7 heteroatoms. The van der Waals surface area contributed by atoms with E-state index in [0.717, 1.165) is 0 Å². The van der Waals surface area contributed by atoms with Crippen LogP contribution in [0.3, 0.4) is 0 Å². The van der Waals surface area contributed by atoms with E-state index in [4.69, 9.17) is 17.3 Å². The van der Waals surface area contributed by atoms with Gasteiger partial charge in [-0.15, -0.1) is 0 Å². The van der Waals surface area contributed by atoms with Crippen LogP contribution in [0.1, 0.15) is 11.3 Å². The maximum absolute atomic E-state index is 13.5. The van der Waals surface area contributed by atoms with Crippen LogP contribution in [0.4, 0.5) is 15.9 Å². The summed E-state index contributed by atoms with van der Waals surface area (Å²) >= 11 is 5.85. The first-order valence-electron chi connectivity index (χ1n) is 5.52. The molecule has 0 saturated heterocycles. The fraction of sp³-hybridized carbons (Fsp3) is 0.167. The Bertz CT molecular complexity index is 606. The Hall–Kier alpha value is -2.08. The van der Waals surface area contributed by atoms with E-state index in [1.165, 1.54) is 18.2 Å². The summed E-state index contributed by atoms with van der Waals surface area (Å²) in [7, 11) is 0. The minimum Gasteiger partial charge on any atom is -0.394 e. The lowest BCUT2D eigenvalue weighted by molar-refractivity contribution is -0.115. The number of nitrogens with zero attached hydrogens (tertiary/aromatic N) is 1. The van der Waals surface area contributed by atoms with Gasteiger partial charge in [-0.1, -0.05) is 17.7 Å². The Morgan fingerprint density at radius 2 is 2.32 bits per heavy atom. The number of hydrogen-bond acceptors (Lipinski definition) is 3. The lowest BCUT2D eigenvalue weighted by Crippen LogP contribution is -2.16. The average Bonchev–Trinajstić information content (AvgIpc) is 2.66. The van der Waals surface area contributed by atoms with E-state index in [9.17, 15) is 9.18 Å². The van der Waals surface area contributed by atoms with Crippen molar-refractivity contribution in [3.63, 3.8) is 0 Å². The summed E-state index contributed by atoms with van der Waals surface area (Å²) < 4.78 is 13.5. The summed E-state index contributed by atoms with van der Waals surface area (Å²) in [5.41, 5.74) is 6.85. The van der Waals surface area contributed by atoms with Crippen LogP contribution in [0, 0.1) is 12.7 Å². The molecule has 0 fully saturated rings. The fourth-order valence-electron chi connectivity index (χ4n) is 1.57. The minimum absolute atomic E-state index is 0.146. The molecule has 0 bridgehead atoms. The molecule has 1 amide bonds. The van der Waals surface area contributed by atoms with Gasteiger partial charge in [0.05, 0.1) is 17.8 Å². The van der Waals surface area contributed by atoms with Crippen molar-refractivity contribution in [2.75, 3.05) is 11.1 Å². The van der Waals surface area contributed by atoms with Gasteiger partial charge in [0.15, 0.2) is 5.82 Å². The van der Waals surface area contributed by atoms with E-state index in [1.54, 1.807) is 6.92 Å². The molecule has 0 atom stereocenters. The van der Waals surface area contributed by atoms with E-state index in [-0.39, 0.29) is 22.8 Å². The highest BCUT2D eigenvalue weighted by atomic mass is 35.5. The molecule has 5 nitrogen and oxygen atoms in total. The molecule has 1 heterocycles. The average molecular weight is 283 g/mol. The number of anilines is 2. The van der Waals surface area contributed by atoms with Gasteiger partial charge in [-0.05, 0) is 19.1 Å². The van der Waals surface area contributed by atoms with Crippen LogP contribution in [0.25, 0.3) is 0 Å². The van der Waals surface area contributed by atoms with Crippen LogP contribution in [-0.4, -0.2) is 16.1 Å². The number of rotatable bonds is 3. The number of aromatic amines is 1. The number of carbonyl (C=O) groups excluding carboxylic acids is 1. The Morgan fingerprint density at radius 1 is 1.58 bits per heavy atom. The minimum atomic E-state index is -0.520. The lowest BCUT2D eigenvalue weighted by Gasteiger charge is -2.06. The molecule has 19 heavy (non-hydrogen) atoms. The Labute approximate surface area is 114 Å². The number of benzene rings is 1. The van der Waals surface area contributed by atoms with Crippen molar-refractivity contribution in [3.05, 3.63) is 40.3 Å². The van der Waals surface area contributed by atoms with Gasteiger partial charge in [0, 0.05) is 10.6 Å². The second-order valence-electron chi connectivity index (χ2n) is 4.04. The predicted octanol–water partition coefficient (Wildman–Crippen LogP) is 2.27. The molecular formula is C12H12ClFN4O. The monoisotopic (exact) mass is 282 g/mol. The van der Waals surface area contributed by atoms with E-state index in [1.807, 2.05) is 0 Å². The van der Waals surface area contributed by atoms with Gasteiger partial charge >= 0.3 is 0 Å². The number of amides is 1. The number of H-pyrrole nitrogens is 1. The van der Waals surface area contributed by atoms with Gasteiger partial charge in [0.25, 0.3) is 0 Å². The zero-order valence-corrected chi connectivity index (χ0v) is 10.9. The number of nitrogen functional groups attached to an aromatic ring is 1. The number of carbonyl (C=O) groups is 1. The third kappa shape index (κ3) is 2.85. The highest BCUT2D eigenvalue weighted by Crippen LogP contribution is 2.21. The van der Waals surface area contributed by atoms with Gasteiger partial charge in [0.1, 0.15) is 5.82 Å². The zero-order valence-electron chi connectivity index (χ0n) is 10.1. The highest BCUT2D eigenvalue weighted by molar-refractivity contribution is 6.31. The van der Waals surface area contributed by atoms with Crippen LogP contribution in [0.5, 0.6) is 0 Å². The largest absolute Gasteiger partial charge is 0.394 e. The van der Waals surface area contributed by atoms with E-state index in [0.29, 0.717) is 11.4 Å². The first-order valence-corrected chi connectivity index (χ1v) is 5.90. The topological polar surface area (TPSA) is 83.8 Å². The summed E-state index contributed by atoms with van der Waals surface area (Å²) in [5.74, 6) is -0.728. The molecule has 0 aliphatic rings. The van der Waals surface area contributed by atoms with Crippen LogP contribution in [0.15, 0.2) is 18.2 Å². The molecule has 2 rings (SSSR count). The van der Waals surface area contributed by atoms with E-state index < -0.39 is 11.7 Å². The SMILES string of the molecule is Cc1[nH]nc(NC(=O)Cc2c(F)cccc2Cl)c1N. The Kier molecular flexibility index (Phi) is 3.71. The smallest absolute Gasteiger partial charge is 0.230 e. The Balaban J connectivity index is 2.12. The van der Waals surface area contributed by atoms with Crippen molar-refractivity contribution in [1.29, 1.82) is 0 Å². The Morgan fingerprint density at radius 3 is 2.89 bits per heavy atom. The maximum atomic E-state index is 13.5. The number of hydrogen-bond donors (Lipinski definition) is 3. The zero-order chi connectivity index (χ0) is 14.0. The summed E-state index contributed by atoms with van der Waals surface area (Å²) in [5, 5.41) is 9.18. The van der Waals surface area contributed by atoms with Crippen molar-refractivity contribution >= 4 is 29.0 Å². The third-order valence-electron chi connectivity index (χ3n) is 2.65. The van der Waals surface area contributed by atoms with Crippen molar-refractivity contribution < 1.29 is 9.18 Å². The molecule has 0 unspecified atom stereocenters. The molecule has 0 saturated carbocycles. The van der Waals surface area contributed by atoms with Crippen molar-refractivity contribution in [3.8, 4) is 0 Å². The normalized spacial score (nSPS) is 10.5. The summed E-state index contributed by atoms with van der Waals surface area (Å²) in [6, 6.07) is 4.26. The molecule has 1 aromatic heterocycles.